The zero-order valence-corrected chi connectivity index (χ0v) is 11.6. The first-order valence-electron chi connectivity index (χ1n) is 6.71. The number of piperazine rings is 1. The van der Waals surface area contributed by atoms with Gasteiger partial charge in [0.2, 0.25) is 17.7 Å². The van der Waals surface area contributed by atoms with Gasteiger partial charge in [-0.1, -0.05) is 18.2 Å². The molecule has 1 fully saturated rings. The molecule has 108 valence electrons. The third-order valence-corrected chi connectivity index (χ3v) is 3.66. The summed E-state index contributed by atoms with van der Waals surface area (Å²) in [6, 6.07) is 7.75. The van der Waals surface area contributed by atoms with Crippen molar-refractivity contribution in [2.45, 2.75) is 13.3 Å². The fraction of sp³-hybridized carbons (Fsp3) is 0.267. The molecule has 0 bridgehead atoms. The normalized spacial score (nSPS) is 15.4. The number of fused-ring (bicyclic) bond motifs is 1. The number of nitrogens with zero attached hydrogens (tertiary/aromatic N) is 1. The Kier molecular flexibility index (Phi) is 3.21. The molecular weight excluding hydrogens is 270 g/mol. The molecule has 6 heteroatoms. The van der Waals surface area contributed by atoms with Gasteiger partial charge in [-0.05, 0) is 18.6 Å². The van der Waals surface area contributed by atoms with E-state index in [1.807, 2.05) is 31.2 Å². The highest BCUT2D eigenvalue weighted by Crippen LogP contribution is 2.22. The van der Waals surface area contributed by atoms with Gasteiger partial charge in [0, 0.05) is 16.6 Å². The summed E-state index contributed by atoms with van der Waals surface area (Å²) in [5.41, 5.74) is 2.82. The minimum atomic E-state index is -0.435. The Balaban J connectivity index is 1.85. The number of hydrogen-bond acceptors (Lipinski definition) is 3. The highest BCUT2D eigenvalue weighted by Gasteiger charge is 2.27. The van der Waals surface area contributed by atoms with Crippen molar-refractivity contribution in [1.29, 1.82) is 0 Å². The largest absolute Gasteiger partial charge is 0.358 e. The molecule has 6 nitrogen and oxygen atoms in total. The maximum atomic E-state index is 12.3. The number of amides is 3. The van der Waals surface area contributed by atoms with Crippen molar-refractivity contribution in [3.05, 3.63) is 35.5 Å². The summed E-state index contributed by atoms with van der Waals surface area (Å²) in [5, 5.41) is 3.18. The van der Waals surface area contributed by atoms with Gasteiger partial charge in [-0.2, -0.15) is 0 Å². The number of hydrogen-bond donors (Lipinski definition) is 2. The minimum absolute atomic E-state index is 0.0635. The molecule has 1 aliphatic heterocycles. The van der Waals surface area contributed by atoms with Gasteiger partial charge in [0.15, 0.2) is 0 Å². The number of imide groups is 1. The van der Waals surface area contributed by atoms with E-state index < -0.39 is 11.8 Å². The van der Waals surface area contributed by atoms with Crippen LogP contribution in [0.5, 0.6) is 0 Å². The lowest BCUT2D eigenvalue weighted by atomic mass is 10.1. The number of carbonyl (C=O) groups is 3. The lowest BCUT2D eigenvalue weighted by molar-refractivity contribution is -0.145. The average Bonchev–Trinajstić information content (AvgIpc) is 2.74. The summed E-state index contributed by atoms with van der Waals surface area (Å²) >= 11 is 0. The first-order chi connectivity index (χ1) is 10.0. The molecule has 2 N–H and O–H groups in total. The van der Waals surface area contributed by atoms with Crippen molar-refractivity contribution in [1.82, 2.24) is 15.2 Å². The van der Waals surface area contributed by atoms with Crippen LogP contribution < -0.4 is 5.32 Å². The van der Waals surface area contributed by atoms with Crippen molar-refractivity contribution in [2.24, 2.45) is 0 Å². The number of benzene rings is 1. The van der Waals surface area contributed by atoms with Gasteiger partial charge >= 0.3 is 0 Å². The number of rotatable bonds is 2. The van der Waals surface area contributed by atoms with Crippen molar-refractivity contribution in [3.8, 4) is 0 Å². The minimum Gasteiger partial charge on any atom is -0.358 e. The fourth-order valence-electron chi connectivity index (χ4n) is 2.64. The summed E-state index contributed by atoms with van der Waals surface area (Å²) < 4.78 is 0. The molecule has 0 unspecified atom stereocenters. The standard InChI is InChI=1S/C15H15N3O3/c1-9-11(10-4-2-3-5-12(10)16-9)6-15(21)18-7-13(19)17-14(20)8-18/h2-5,16H,6-8H2,1H3,(H,17,19,20). The fourth-order valence-corrected chi connectivity index (χ4v) is 2.64. The maximum Gasteiger partial charge on any atom is 0.246 e. The van der Waals surface area contributed by atoms with Crippen molar-refractivity contribution in [3.63, 3.8) is 0 Å². The number of H-pyrrole nitrogens is 1. The first kappa shape index (κ1) is 13.4. The van der Waals surface area contributed by atoms with Gasteiger partial charge in [0.1, 0.15) is 13.1 Å². The number of aryl methyl sites for hydroxylation is 1. The Morgan fingerprint density at radius 3 is 2.57 bits per heavy atom. The maximum absolute atomic E-state index is 12.3. The van der Waals surface area contributed by atoms with E-state index in [9.17, 15) is 14.4 Å². The lowest BCUT2D eigenvalue weighted by Gasteiger charge is -2.25. The molecule has 21 heavy (non-hydrogen) atoms. The first-order valence-corrected chi connectivity index (χ1v) is 6.71. The molecule has 2 heterocycles. The van der Waals surface area contributed by atoms with Crippen LogP contribution in [-0.2, 0) is 20.8 Å². The summed E-state index contributed by atoms with van der Waals surface area (Å²) in [7, 11) is 0. The molecule has 3 amide bonds. The Labute approximate surface area is 121 Å². The van der Waals surface area contributed by atoms with E-state index in [2.05, 4.69) is 10.3 Å². The van der Waals surface area contributed by atoms with Crippen LogP contribution >= 0.6 is 0 Å². The molecule has 1 aromatic heterocycles. The van der Waals surface area contributed by atoms with E-state index in [0.717, 1.165) is 22.2 Å². The predicted molar refractivity (Wildman–Crippen MR) is 76.5 cm³/mol. The van der Waals surface area contributed by atoms with Crippen LogP contribution in [0.3, 0.4) is 0 Å². The molecule has 1 saturated heterocycles. The van der Waals surface area contributed by atoms with Crippen LogP contribution in [0.15, 0.2) is 24.3 Å². The number of aromatic nitrogens is 1. The van der Waals surface area contributed by atoms with Crippen LogP contribution in [0.1, 0.15) is 11.3 Å². The monoisotopic (exact) mass is 285 g/mol. The highest BCUT2D eigenvalue weighted by molar-refractivity contribution is 6.03. The van der Waals surface area contributed by atoms with Gasteiger partial charge in [0.25, 0.3) is 0 Å². The SMILES string of the molecule is Cc1[nH]c2ccccc2c1CC(=O)N1CC(=O)NC(=O)C1. The third kappa shape index (κ3) is 2.52. The molecule has 1 aliphatic rings. The van der Waals surface area contributed by atoms with Crippen LogP contribution in [0.25, 0.3) is 10.9 Å². The van der Waals surface area contributed by atoms with Crippen molar-refractivity contribution >= 4 is 28.6 Å². The van der Waals surface area contributed by atoms with Crippen LogP contribution in [0.4, 0.5) is 0 Å². The number of nitrogens with one attached hydrogen (secondary N) is 2. The van der Waals surface area contributed by atoms with E-state index in [0.29, 0.717) is 0 Å². The molecule has 0 radical (unpaired) electrons. The second-order valence-electron chi connectivity index (χ2n) is 5.17. The topological polar surface area (TPSA) is 82.3 Å². The zero-order chi connectivity index (χ0) is 15.0. The number of para-hydroxylation sites is 1. The molecule has 0 spiro atoms. The predicted octanol–water partition coefficient (Wildman–Crippen LogP) is 0.504. The van der Waals surface area contributed by atoms with Crippen molar-refractivity contribution in [2.75, 3.05) is 13.1 Å². The smallest absolute Gasteiger partial charge is 0.246 e. The molecule has 0 saturated carbocycles. The van der Waals surface area contributed by atoms with Gasteiger partial charge in [-0.25, -0.2) is 0 Å². The summed E-state index contributed by atoms with van der Waals surface area (Å²) in [5.74, 6) is -1.09. The van der Waals surface area contributed by atoms with E-state index in [4.69, 9.17) is 0 Å². The van der Waals surface area contributed by atoms with Crippen LogP contribution in [0, 0.1) is 6.92 Å². The quantitative estimate of drug-likeness (QED) is 0.788. The number of aromatic amines is 1. The molecule has 1 aromatic carbocycles. The van der Waals surface area contributed by atoms with E-state index in [-0.39, 0.29) is 25.4 Å². The molecule has 0 atom stereocenters. The van der Waals surface area contributed by atoms with Crippen LogP contribution in [0.2, 0.25) is 0 Å². The van der Waals surface area contributed by atoms with Gasteiger partial charge in [-0.15, -0.1) is 0 Å². The second kappa shape index (κ2) is 5.05. The van der Waals surface area contributed by atoms with Crippen LogP contribution in [-0.4, -0.2) is 40.7 Å². The second-order valence-corrected chi connectivity index (χ2v) is 5.17. The Bertz CT molecular complexity index is 732. The highest BCUT2D eigenvalue weighted by atomic mass is 16.2. The molecular formula is C15H15N3O3. The van der Waals surface area contributed by atoms with Crippen molar-refractivity contribution < 1.29 is 14.4 Å². The third-order valence-electron chi connectivity index (χ3n) is 3.66. The van der Waals surface area contributed by atoms with Gasteiger partial charge in [-0.3, -0.25) is 19.7 Å². The van der Waals surface area contributed by atoms with E-state index in [1.165, 1.54) is 4.90 Å². The summed E-state index contributed by atoms with van der Waals surface area (Å²) in [4.78, 5) is 39.5. The van der Waals surface area contributed by atoms with Gasteiger partial charge < -0.3 is 9.88 Å². The summed E-state index contributed by atoms with van der Waals surface area (Å²) in [6.45, 7) is 1.79. The van der Waals surface area contributed by atoms with Gasteiger partial charge in [0.05, 0.1) is 6.42 Å². The van der Waals surface area contributed by atoms with E-state index >= 15 is 0 Å². The average molecular weight is 285 g/mol. The summed E-state index contributed by atoms with van der Waals surface area (Å²) in [6.07, 6.45) is 0.177. The van der Waals surface area contributed by atoms with E-state index in [1.54, 1.807) is 0 Å². The lowest BCUT2D eigenvalue weighted by Crippen LogP contribution is -2.53. The molecule has 0 aliphatic carbocycles. The molecule has 3 rings (SSSR count). The number of carbonyl (C=O) groups excluding carboxylic acids is 3. The Morgan fingerprint density at radius 2 is 1.86 bits per heavy atom. The molecule has 2 aromatic rings. The zero-order valence-electron chi connectivity index (χ0n) is 11.6. The Hall–Kier alpha value is -2.63. The Morgan fingerprint density at radius 1 is 1.19 bits per heavy atom.